The number of rotatable bonds is 9. The summed E-state index contributed by atoms with van der Waals surface area (Å²) in [6.45, 7) is 1.68. The molecule has 2 atom stereocenters. The van der Waals surface area contributed by atoms with E-state index in [1.54, 1.807) is 37.3 Å². The number of carbonyl (C=O) groups excluding carboxylic acids is 2. The van der Waals surface area contributed by atoms with Gasteiger partial charge in [0.25, 0.3) is 5.91 Å². The Morgan fingerprint density at radius 1 is 1.11 bits per heavy atom. The van der Waals surface area contributed by atoms with Crippen LogP contribution in [0.3, 0.4) is 0 Å². The largest absolute Gasteiger partial charge is 0.372 e. The Balaban J connectivity index is 2.31. The lowest BCUT2D eigenvalue weighted by atomic mass is 10.1. The molecule has 0 spiro atoms. The summed E-state index contributed by atoms with van der Waals surface area (Å²) in [6.07, 6.45) is 0.396. The molecule has 27 heavy (non-hydrogen) atoms. The van der Waals surface area contributed by atoms with E-state index in [1.807, 2.05) is 18.2 Å². The maximum Gasteiger partial charge on any atom is 0.250 e. The zero-order chi connectivity index (χ0) is 20.0. The molecule has 0 aromatic heterocycles. The van der Waals surface area contributed by atoms with Gasteiger partial charge >= 0.3 is 0 Å². The second-order valence-corrected chi connectivity index (χ2v) is 6.78. The van der Waals surface area contributed by atoms with Crippen LogP contribution in [-0.4, -0.2) is 22.9 Å². The SMILES string of the molecule is CC(=N)CC(S)Nc1cc(N[C@@H](C(N)=O)c2ccccc2)ccc1C(N)=O. The lowest BCUT2D eigenvalue weighted by Crippen LogP contribution is -2.28. The minimum atomic E-state index is -0.728. The third-order valence-corrected chi connectivity index (χ3v) is 4.15. The number of nitrogens with two attached hydrogens (primary N) is 2. The molecule has 0 aliphatic carbocycles. The number of nitrogens with one attached hydrogen (secondary N) is 3. The fourth-order valence-electron chi connectivity index (χ4n) is 2.62. The fraction of sp³-hybridized carbons (Fsp3) is 0.211. The van der Waals surface area contributed by atoms with Crippen LogP contribution >= 0.6 is 12.6 Å². The minimum absolute atomic E-state index is 0.289. The van der Waals surface area contributed by atoms with E-state index in [2.05, 4.69) is 23.3 Å². The summed E-state index contributed by atoms with van der Waals surface area (Å²) in [5, 5.41) is 13.4. The van der Waals surface area contributed by atoms with E-state index in [9.17, 15) is 9.59 Å². The van der Waals surface area contributed by atoms with Gasteiger partial charge in [0.05, 0.1) is 10.9 Å². The Morgan fingerprint density at radius 2 is 1.78 bits per heavy atom. The van der Waals surface area contributed by atoms with Crippen LogP contribution in [0, 0.1) is 5.41 Å². The molecule has 0 heterocycles. The highest BCUT2D eigenvalue weighted by molar-refractivity contribution is 7.81. The second-order valence-electron chi connectivity index (χ2n) is 6.16. The number of amides is 2. The zero-order valence-electron chi connectivity index (χ0n) is 14.9. The minimum Gasteiger partial charge on any atom is -0.372 e. The third-order valence-electron chi connectivity index (χ3n) is 3.84. The molecule has 0 bridgehead atoms. The van der Waals surface area contributed by atoms with E-state index in [0.29, 0.717) is 23.5 Å². The first-order chi connectivity index (χ1) is 12.8. The Labute approximate surface area is 163 Å². The molecule has 0 fully saturated rings. The summed E-state index contributed by atoms with van der Waals surface area (Å²) in [4.78, 5) is 23.6. The van der Waals surface area contributed by atoms with Crippen molar-refractivity contribution in [2.45, 2.75) is 24.8 Å². The molecule has 8 heteroatoms. The molecular weight excluding hydrogens is 362 g/mol. The topological polar surface area (TPSA) is 134 Å². The van der Waals surface area contributed by atoms with E-state index in [1.165, 1.54) is 0 Å². The first-order valence-corrected chi connectivity index (χ1v) is 8.83. The van der Waals surface area contributed by atoms with Crippen molar-refractivity contribution in [3.05, 3.63) is 59.7 Å². The molecule has 7 N–H and O–H groups in total. The fourth-order valence-corrected chi connectivity index (χ4v) is 3.03. The number of primary amides is 2. The van der Waals surface area contributed by atoms with Gasteiger partial charge in [-0.1, -0.05) is 30.3 Å². The molecule has 142 valence electrons. The van der Waals surface area contributed by atoms with Crippen molar-refractivity contribution >= 4 is 41.5 Å². The maximum atomic E-state index is 11.9. The van der Waals surface area contributed by atoms with Gasteiger partial charge in [-0.15, -0.1) is 0 Å². The quantitative estimate of drug-likeness (QED) is 0.225. The van der Waals surface area contributed by atoms with Crippen LogP contribution in [0.2, 0.25) is 0 Å². The first kappa shape index (κ1) is 20.3. The van der Waals surface area contributed by atoms with Gasteiger partial charge in [-0.3, -0.25) is 9.59 Å². The van der Waals surface area contributed by atoms with Gasteiger partial charge in [-0.25, -0.2) is 0 Å². The summed E-state index contributed by atoms with van der Waals surface area (Å²) < 4.78 is 0. The van der Waals surface area contributed by atoms with Crippen molar-refractivity contribution in [3.63, 3.8) is 0 Å². The maximum absolute atomic E-state index is 11.9. The van der Waals surface area contributed by atoms with Gasteiger partial charge in [-0.2, -0.15) is 12.6 Å². The summed E-state index contributed by atoms with van der Waals surface area (Å²) in [5.41, 5.74) is 13.5. The van der Waals surface area contributed by atoms with Gasteiger partial charge in [0.15, 0.2) is 0 Å². The van der Waals surface area contributed by atoms with Crippen molar-refractivity contribution in [2.24, 2.45) is 11.5 Å². The molecule has 0 radical (unpaired) electrons. The summed E-state index contributed by atoms with van der Waals surface area (Å²) in [5.74, 6) is -1.12. The van der Waals surface area contributed by atoms with Crippen molar-refractivity contribution in [3.8, 4) is 0 Å². The molecule has 2 aromatic rings. The molecule has 2 amide bonds. The van der Waals surface area contributed by atoms with Crippen LogP contribution in [0.15, 0.2) is 48.5 Å². The van der Waals surface area contributed by atoms with Crippen LogP contribution < -0.4 is 22.1 Å². The molecule has 2 aromatic carbocycles. The standard InChI is InChI=1S/C19H23N5O2S/c1-11(20)9-16(27)24-15-10-13(7-8-14(15)18(21)25)23-17(19(22)26)12-5-3-2-4-6-12/h2-8,10,16-17,20,23-24,27H,9H2,1H3,(H2,21,25)(H2,22,26)/t16?,17-/m1/s1. The predicted octanol–water partition coefficient (Wildman–Crippen LogP) is 2.52. The van der Waals surface area contributed by atoms with Gasteiger partial charge in [0, 0.05) is 23.5 Å². The normalized spacial score (nSPS) is 12.7. The number of thiol groups is 1. The lowest BCUT2D eigenvalue weighted by Gasteiger charge is -2.20. The highest BCUT2D eigenvalue weighted by Gasteiger charge is 2.19. The average Bonchev–Trinajstić information content (AvgIpc) is 2.59. The Bertz CT molecular complexity index is 841. The summed E-state index contributed by atoms with van der Waals surface area (Å²) in [7, 11) is 0. The van der Waals surface area contributed by atoms with E-state index < -0.39 is 17.9 Å². The van der Waals surface area contributed by atoms with Gasteiger partial charge < -0.3 is 27.5 Å². The van der Waals surface area contributed by atoms with Gasteiger partial charge in [0.1, 0.15) is 6.04 Å². The number of carbonyl (C=O) groups is 2. The third kappa shape index (κ3) is 5.75. The molecule has 7 nitrogen and oxygen atoms in total. The molecule has 0 saturated carbocycles. The Kier molecular flexibility index (Phi) is 6.84. The van der Waals surface area contributed by atoms with Gasteiger partial charge in [0.2, 0.25) is 5.91 Å². The van der Waals surface area contributed by atoms with Crippen LogP contribution in [0.4, 0.5) is 11.4 Å². The lowest BCUT2D eigenvalue weighted by molar-refractivity contribution is -0.118. The highest BCUT2D eigenvalue weighted by Crippen LogP contribution is 2.26. The van der Waals surface area contributed by atoms with E-state index in [-0.39, 0.29) is 10.9 Å². The monoisotopic (exact) mass is 385 g/mol. The van der Waals surface area contributed by atoms with Crippen LogP contribution in [-0.2, 0) is 4.79 Å². The molecule has 0 aliphatic rings. The van der Waals surface area contributed by atoms with Crippen molar-refractivity contribution in [1.29, 1.82) is 5.41 Å². The van der Waals surface area contributed by atoms with Crippen LogP contribution in [0.25, 0.3) is 0 Å². The first-order valence-electron chi connectivity index (χ1n) is 8.31. The van der Waals surface area contributed by atoms with Crippen molar-refractivity contribution < 1.29 is 9.59 Å². The molecule has 0 saturated heterocycles. The molecular formula is C19H23N5O2S. The highest BCUT2D eigenvalue weighted by atomic mass is 32.1. The second kappa shape index (κ2) is 9.09. The Hall–Kier alpha value is -3.00. The predicted molar refractivity (Wildman–Crippen MR) is 111 cm³/mol. The number of anilines is 2. The zero-order valence-corrected chi connectivity index (χ0v) is 15.8. The molecule has 0 aliphatic heterocycles. The number of hydrogen-bond acceptors (Lipinski definition) is 6. The van der Waals surface area contributed by atoms with Crippen molar-refractivity contribution in [2.75, 3.05) is 10.6 Å². The van der Waals surface area contributed by atoms with Gasteiger partial charge in [-0.05, 0) is 30.7 Å². The number of hydrogen-bond donors (Lipinski definition) is 6. The smallest absolute Gasteiger partial charge is 0.250 e. The van der Waals surface area contributed by atoms with E-state index >= 15 is 0 Å². The van der Waals surface area contributed by atoms with E-state index in [0.717, 1.165) is 5.56 Å². The average molecular weight is 385 g/mol. The molecule has 1 unspecified atom stereocenters. The van der Waals surface area contributed by atoms with Crippen molar-refractivity contribution in [1.82, 2.24) is 0 Å². The van der Waals surface area contributed by atoms with Crippen LogP contribution in [0.1, 0.15) is 35.3 Å². The van der Waals surface area contributed by atoms with Crippen LogP contribution in [0.5, 0.6) is 0 Å². The number of benzene rings is 2. The molecule has 2 rings (SSSR count). The van der Waals surface area contributed by atoms with E-state index in [4.69, 9.17) is 16.9 Å². The summed E-state index contributed by atoms with van der Waals surface area (Å²) >= 11 is 4.39. The summed E-state index contributed by atoms with van der Waals surface area (Å²) in [6, 6.07) is 13.3. The Morgan fingerprint density at radius 3 is 2.33 bits per heavy atom.